The first-order valence-corrected chi connectivity index (χ1v) is 5.27. The molecule has 0 bridgehead atoms. The Morgan fingerprint density at radius 3 is 1.88 bits per heavy atom. The minimum atomic E-state index is 0.0809. The number of hydrogen-bond donors (Lipinski definition) is 1. The number of rotatable bonds is 1. The number of benzene rings is 2. The minimum absolute atomic E-state index is 0.0809. The van der Waals surface area contributed by atoms with Crippen LogP contribution in [-0.2, 0) is 0 Å². The van der Waals surface area contributed by atoms with Gasteiger partial charge in [0.15, 0.2) is 0 Å². The van der Waals surface area contributed by atoms with E-state index in [1.165, 1.54) is 22.3 Å². The third-order valence-corrected chi connectivity index (χ3v) is 3.10. The largest absolute Gasteiger partial charge is 0.411 e. The maximum atomic E-state index is 8.75. The van der Waals surface area contributed by atoms with Crippen LogP contribution < -0.4 is 0 Å². The van der Waals surface area contributed by atoms with Gasteiger partial charge < -0.3 is 5.21 Å². The van der Waals surface area contributed by atoms with E-state index in [-0.39, 0.29) is 5.92 Å². The Morgan fingerprint density at radius 1 is 0.875 bits per heavy atom. The lowest BCUT2D eigenvalue weighted by Gasteiger charge is -2.05. The number of hydrogen-bond acceptors (Lipinski definition) is 2. The Morgan fingerprint density at radius 2 is 1.38 bits per heavy atom. The second kappa shape index (κ2) is 3.49. The highest BCUT2D eigenvalue weighted by Crippen LogP contribution is 2.43. The number of oxime groups is 1. The van der Waals surface area contributed by atoms with Gasteiger partial charge in [0.1, 0.15) is 0 Å². The SMILES string of the molecule is O/N=C/C1c2ccccc2-c2ccccc21. The van der Waals surface area contributed by atoms with E-state index in [0.29, 0.717) is 0 Å². The van der Waals surface area contributed by atoms with Gasteiger partial charge in [-0.25, -0.2) is 0 Å². The first kappa shape index (κ1) is 9.16. The van der Waals surface area contributed by atoms with Crippen molar-refractivity contribution in [2.75, 3.05) is 0 Å². The summed E-state index contributed by atoms with van der Waals surface area (Å²) in [6.45, 7) is 0. The zero-order valence-corrected chi connectivity index (χ0v) is 8.67. The molecule has 2 nitrogen and oxygen atoms in total. The van der Waals surface area contributed by atoms with Crippen molar-refractivity contribution < 1.29 is 5.21 Å². The van der Waals surface area contributed by atoms with Crippen molar-refractivity contribution >= 4 is 6.21 Å². The lowest BCUT2D eigenvalue weighted by Crippen LogP contribution is -1.97. The van der Waals surface area contributed by atoms with E-state index < -0.39 is 0 Å². The van der Waals surface area contributed by atoms with Crippen LogP contribution in [0.15, 0.2) is 53.7 Å². The second-order valence-corrected chi connectivity index (χ2v) is 3.92. The molecule has 0 aromatic heterocycles. The van der Waals surface area contributed by atoms with E-state index >= 15 is 0 Å². The number of fused-ring (bicyclic) bond motifs is 3. The molecule has 0 atom stereocenters. The molecule has 1 N–H and O–H groups in total. The van der Waals surface area contributed by atoms with Gasteiger partial charge in [-0.2, -0.15) is 0 Å². The predicted molar refractivity (Wildman–Crippen MR) is 64.0 cm³/mol. The van der Waals surface area contributed by atoms with Crippen LogP contribution in [0.3, 0.4) is 0 Å². The maximum absolute atomic E-state index is 8.75. The summed E-state index contributed by atoms with van der Waals surface area (Å²) in [5.74, 6) is 0.0809. The van der Waals surface area contributed by atoms with Gasteiger partial charge >= 0.3 is 0 Å². The molecule has 3 rings (SSSR count). The zero-order valence-electron chi connectivity index (χ0n) is 8.67. The van der Waals surface area contributed by atoms with Gasteiger partial charge in [0.25, 0.3) is 0 Å². The molecule has 0 fully saturated rings. The van der Waals surface area contributed by atoms with Crippen molar-refractivity contribution in [1.29, 1.82) is 0 Å². The van der Waals surface area contributed by atoms with Crippen molar-refractivity contribution in [3.8, 4) is 11.1 Å². The summed E-state index contributed by atoms with van der Waals surface area (Å²) in [5.41, 5.74) is 4.90. The van der Waals surface area contributed by atoms with E-state index in [1.54, 1.807) is 6.21 Å². The van der Waals surface area contributed by atoms with Crippen LogP contribution >= 0.6 is 0 Å². The Balaban J connectivity index is 2.29. The summed E-state index contributed by atoms with van der Waals surface area (Å²) < 4.78 is 0. The molecule has 78 valence electrons. The van der Waals surface area contributed by atoms with Gasteiger partial charge in [-0.3, -0.25) is 0 Å². The summed E-state index contributed by atoms with van der Waals surface area (Å²) >= 11 is 0. The Hall–Kier alpha value is -2.09. The van der Waals surface area contributed by atoms with Crippen LogP contribution in [0.25, 0.3) is 11.1 Å². The monoisotopic (exact) mass is 209 g/mol. The maximum Gasteiger partial charge on any atom is 0.0555 e. The van der Waals surface area contributed by atoms with Crippen LogP contribution in [0.1, 0.15) is 17.0 Å². The summed E-state index contributed by atoms with van der Waals surface area (Å²) in [4.78, 5) is 0. The Bertz CT molecular complexity index is 515. The summed E-state index contributed by atoms with van der Waals surface area (Å²) in [6.07, 6.45) is 1.59. The quantitative estimate of drug-likeness (QED) is 0.436. The van der Waals surface area contributed by atoms with Crippen LogP contribution in [0, 0.1) is 0 Å². The molecule has 2 heteroatoms. The zero-order chi connectivity index (χ0) is 11.0. The van der Waals surface area contributed by atoms with Crippen molar-refractivity contribution in [1.82, 2.24) is 0 Å². The molecule has 0 saturated heterocycles. The standard InChI is InChI=1S/C14H11NO/c16-15-9-14-12-7-3-1-5-10(12)11-6-2-4-8-13(11)14/h1-9,14,16H/b15-9+. The highest BCUT2D eigenvalue weighted by Gasteiger charge is 2.26. The molecule has 16 heavy (non-hydrogen) atoms. The summed E-state index contributed by atoms with van der Waals surface area (Å²) in [7, 11) is 0. The molecule has 2 aromatic rings. The van der Waals surface area contributed by atoms with Gasteiger partial charge in [-0.05, 0) is 22.3 Å². The fourth-order valence-corrected chi connectivity index (χ4v) is 2.42. The Labute approximate surface area is 93.9 Å². The van der Waals surface area contributed by atoms with E-state index in [0.717, 1.165) is 0 Å². The van der Waals surface area contributed by atoms with E-state index in [1.807, 2.05) is 24.3 Å². The predicted octanol–water partition coefficient (Wildman–Crippen LogP) is 3.26. The minimum Gasteiger partial charge on any atom is -0.411 e. The molecule has 2 aromatic carbocycles. The summed E-state index contributed by atoms with van der Waals surface area (Å²) in [6, 6.07) is 16.5. The highest BCUT2D eigenvalue weighted by atomic mass is 16.4. The second-order valence-electron chi connectivity index (χ2n) is 3.92. The molecule has 1 aliphatic rings. The van der Waals surface area contributed by atoms with E-state index in [9.17, 15) is 0 Å². The third kappa shape index (κ3) is 1.16. The van der Waals surface area contributed by atoms with Crippen molar-refractivity contribution in [3.05, 3.63) is 59.7 Å². The first-order chi connectivity index (χ1) is 7.92. The molecule has 0 amide bonds. The van der Waals surface area contributed by atoms with E-state index in [4.69, 9.17) is 5.21 Å². The lowest BCUT2D eigenvalue weighted by molar-refractivity contribution is 0.320. The molecule has 0 unspecified atom stereocenters. The van der Waals surface area contributed by atoms with Gasteiger partial charge in [-0.15, -0.1) is 5.16 Å². The molecule has 1 aliphatic carbocycles. The van der Waals surface area contributed by atoms with Crippen molar-refractivity contribution in [3.63, 3.8) is 0 Å². The Kier molecular flexibility index (Phi) is 2.00. The molecule has 0 saturated carbocycles. The van der Waals surface area contributed by atoms with Gasteiger partial charge in [0.05, 0.1) is 6.21 Å². The van der Waals surface area contributed by atoms with Crippen molar-refractivity contribution in [2.45, 2.75) is 5.92 Å². The average molecular weight is 209 g/mol. The molecule has 0 heterocycles. The highest BCUT2D eigenvalue weighted by molar-refractivity contribution is 5.89. The van der Waals surface area contributed by atoms with Gasteiger partial charge in [0, 0.05) is 5.92 Å². The van der Waals surface area contributed by atoms with Crippen LogP contribution in [-0.4, -0.2) is 11.4 Å². The average Bonchev–Trinajstić information content (AvgIpc) is 2.66. The van der Waals surface area contributed by atoms with Crippen LogP contribution in [0.5, 0.6) is 0 Å². The van der Waals surface area contributed by atoms with Gasteiger partial charge in [0.2, 0.25) is 0 Å². The van der Waals surface area contributed by atoms with Crippen LogP contribution in [0.2, 0.25) is 0 Å². The molecule has 0 spiro atoms. The smallest absolute Gasteiger partial charge is 0.0555 e. The van der Waals surface area contributed by atoms with E-state index in [2.05, 4.69) is 29.4 Å². The molecule has 0 aliphatic heterocycles. The molecular formula is C14H11NO. The van der Waals surface area contributed by atoms with Crippen LogP contribution in [0.4, 0.5) is 0 Å². The van der Waals surface area contributed by atoms with Crippen molar-refractivity contribution in [2.24, 2.45) is 5.16 Å². The summed E-state index contributed by atoms with van der Waals surface area (Å²) in [5, 5.41) is 11.9. The lowest BCUT2D eigenvalue weighted by atomic mass is 9.99. The fraction of sp³-hybridized carbons (Fsp3) is 0.0714. The third-order valence-electron chi connectivity index (χ3n) is 3.10. The number of nitrogens with zero attached hydrogens (tertiary/aromatic N) is 1. The van der Waals surface area contributed by atoms with Gasteiger partial charge in [-0.1, -0.05) is 48.5 Å². The topological polar surface area (TPSA) is 32.6 Å². The molecular weight excluding hydrogens is 198 g/mol. The fourth-order valence-electron chi connectivity index (χ4n) is 2.42. The molecule has 0 radical (unpaired) electrons. The first-order valence-electron chi connectivity index (χ1n) is 5.27. The normalized spacial score (nSPS) is 14.0.